The molecule has 11 heavy (non-hydrogen) atoms. The van der Waals surface area contributed by atoms with Crippen molar-refractivity contribution in [2.45, 2.75) is 6.61 Å². The molecule has 0 aromatic carbocycles. The van der Waals surface area contributed by atoms with E-state index in [1.165, 1.54) is 0 Å². The molecule has 0 atom stereocenters. The van der Waals surface area contributed by atoms with E-state index in [-0.39, 0.29) is 6.61 Å². The summed E-state index contributed by atoms with van der Waals surface area (Å²) in [5.74, 6) is 0.593. The van der Waals surface area contributed by atoms with Crippen LogP contribution in [0, 0.1) is 0 Å². The minimum atomic E-state index is -0.109. The molecule has 4 heteroatoms. The largest absolute Gasteiger partial charge is 0.494 e. The van der Waals surface area contributed by atoms with Crippen molar-refractivity contribution in [2.75, 3.05) is 7.11 Å². The number of rotatable bonds is 2. The fourth-order valence-electron chi connectivity index (χ4n) is 0.793. The average molecular weight is 218 g/mol. The summed E-state index contributed by atoms with van der Waals surface area (Å²) >= 11 is 3.27. The molecular weight excluding hydrogens is 210 g/mol. The maximum atomic E-state index is 8.81. The molecule has 1 heterocycles. The van der Waals surface area contributed by atoms with Crippen LogP contribution in [0.4, 0.5) is 0 Å². The Labute approximate surface area is 73.2 Å². The van der Waals surface area contributed by atoms with Crippen LogP contribution in [0.5, 0.6) is 5.75 Å². The van der Waals surface area contributed by atoms with E-state index in [0.29, 0.717) is 11.4 Å². The lowest BCUT2D eigenvalue weighted by atomic mass is 10.3. The molecule has 1 rings (SSSR count). The molecular formula is C7H8BrNO2. The number of nitrogens with zero attached hydrogens (tertiary/aromatic N) is 1. The zero-order chi connectivity index (χ0) is 8.27. The molecule has 1 N–H and O–H groups in total. The van der Waals surface area contributed by atoms with Crippen LogP contribution in [0.3, 0.4) is 0 Å². The second kappa shape index (κ2) is 3.69. The van der Waals surface area contributed by atoms with Crippen molar-refractivity contribution >= 4 is 15.9 Å². The maximum absolute atomic E-state index is 8.81. The molecule has 0 aliphatic carbocycles. The van der Waals surface area contributed by atoms with Crippen LogP contribution < -0.4 is 4.74 Å². The third-order valence-electron chi connectivity index (χ3n) is 1.28. The van der Waals surface area contributed by atoms with Gasteiger partial charge in [0, 0.05) is 6.20 Å². The number of ether oxygens (including phenoxy) is 1. The first kappa shape index (κ1) is 8.49. The van der Waals surface area contributed by atoms with Crippen LogP contribution in [-0.4, -0.2) is 17.2 Å². The summed E-state index contributed by atoms with van der Waals surface area (Å²) in [6.07, 6.45) is 1.61. The lowest BCUT2D eigenvalue weighted by Crippen LogP contribution is -1.95. The van der Waals surface area contributed by atoms with Crippen molar-refractivity contribution in [1.29, 1.82) is 0 Å². The van der Waals surface area contributed by atoms with Crippen LogP contribution in [0.15, 0.2) is 16.7 Å². The van der Waals surface area contributed by atoms with Crippen LogP contribution >= 0.6 is 15.9 Å². The summed E-state index contributed by atoms with van der Waals surface area (Å²) in [4.78, 5) is 3.92. The molecule has 0 spiro atoms. The Morgan fingerprint density at radius 1 is 1.73 bits per heavy atom. The highest BCUT2D eigenvalue weighted by Crippen LogP contribution is 2.26. The van der Waals surface area contributed by atoms with Gasteiger partial charge >= 0.3 is 0 Å². The highest BCUT2D eigenvalue weighted by molar-refractivity contribution is 9.10. The Kier molecular flexibility index (Phi) is 2.84. The molecule has 3 nitrogen and oxygen atoms in total. The number of aliphatic hydroxyl groups excluding tert-OH is 1. The summed E-state index contributed by atoms with van der Waals surface area (Å²) in [5, 5.41) is 8.81. The maximum Gasteiger partial charge on any atom is 0.156 e. The molecule has 1 aromatic heterocycles. The van der Waals surface area contributed by atoms with Gasteiger partial charge in [0.15, 0.2) is 5.75 Å². The van der Waals surface area contributed by atoms with Gasteiger partial charge in [-0.2, -0.15) is 0 Å². The summed E-state index contributed by atoms with van der Waals surface area (Å²) < 4.78 is 5.80. The number of hydrogen-bond acceptors (Lipinski definition) is 3. The summed E-state index contributed by atoms with van der Waals surface area (Å²) in [6.45, 7) is -0.109. The van der Waals surface area contributed by atoms with Crippen LogP contribution in [0.2, 0.25) is 0 Å². The SMILES string of the molecule is COc1c(Br)ccnc1CO. The van der Waals surface area contributed by atoms with E-state index in [0.717, 1.165) is 4.47 Å². The Morgan fingerprint density at radius 3 is 2.91 bits per heavy atom. The Balaban J connectivity index is 3.13. The standard InChI is InChI=1S/C7H8BrNO2/c1-11-7-5(8)2-3-9-6(7)4-10/h2-3,10H,4H2,1H3. The molecule has 1 aromatic rings. The first-order valence-corrected chi connectivity index (χ1v) is 3.87. The van der Waals surface area contributed by atoms with Crippen molar-refractivity contribution in [3.05, 3.63) is 22.4 Å². The van der Waals surface area contributed by atoms with Crippen LogP contribution in [0.25, 0.3) is 0 Å². The number of hydrogen-bond donors (Lipinski definition) is 1. The third kappa shape index (κ3) is 1.70. The van der Waals surface area contributed by atoms with Gasteiger partial charge in [0.25, 0.3) is 0 Å². The van der Waals surface area contributed by atoms with E-state index in [1.54, 1.807) is 19.4 Å². The van der Waals surface area contributed by atoms with Gasteiger partial charge < -0.3 is 9.84 Å². The van der Waals surface area contributed by atoms with Gasteiger partial charge in [-0.1, -0.05) is 0 Å². The highest BCUT2D eigenvalue weighted by atomic mass is 79.9. The van der Waals surface area contributed by atoms with Crippen molar-refractivity contribution in [2.24, 2.45) is 0 Å². The van der Waals surface area contributed by atoms with Crippen molar-refractivity contribution in [3.63, 3.8) is 0 Å². The fourth-order valence-corrected chi connectivity index (χ4v) is 1.30. The Morgan fingerprint density at radius 2 is 2.45 bits per heavy atom. The number of halogens is 1. The van der Waals surface area contributed by atoms with Gasteiger partial charge in [-0.25, -0.2) is 0 Å². The van der Waals surface area contributed by atoms with Crippen molar-refractivity contribution < 1.29 is 9.84 Å². The quantitative estimate of drug-likeness (QED) is 0.814. The number of methoxy groups -OCH3 is 1. The number of aliphatic hydroxyl groups is 1. The number of pyridine rings is 1. The topological polar surface area (TPSA) is 42.4 Å². The first-order valence-electron chi connectivity index (χ1n) is 3.07. The van der Waals surface area contributed by atoms with Crippen molar-refractivity contribution in [1.82, 2.24) is 4.98 Å². The van der Waals surface area contributed by atoms with Gasteiger partial charge in [-0.15, -0.1) is 0 Å². The average Bonchev–Trinajstić information content (AvgIpc) is 2.04. The van der Waals surface area contributed by atoms with E-state index in [4.69, 9.17) is 9.84 Å². The molecule has 60 valence electrons. The van der Waals surface area contributed by atoms with E-state index < -0.39 is 0 Å². The third-order valence-corrected chi connectivity index (χ3v) is 1.91. The minimum Gasteiger partial charge on any atom is -0.494 e. The molecule has 0 aliphatic rings. The molecule has 0 unspecified atom stereocenters. The molecule has 0 aliphatic heterocycles. The van der Waals surface area contributed by atoms with Crippen LogP contribution in [-0.2, 0) is 6.61 Å². The van der Waals surface area contributed by atoms with E-state index >= 15 is 0 Å². The van der Waals surface area contributed by atoms with E-state index in [1.807, 2.05) is 0 Å². The molecule has 0 fully saturated rings. The Hall–Kier alpha value is -0.610. The first-order chi connectivity index (χ1) is 5.29. The molecule has 0 saturated heterocycles. The predicted molar refractivity (Wildman–Crippen MR) is 44.4 cm³/mol. The van der Waals surface area contributed by atoms with Gasteiger partial charge in [0.05, 0.1) is 18.2 Å². The van der Waals surface area contributed by atoms with Gasteiger partial charge in [0.1, 0.15) is 5.69 Å². The normalized spacial score (nSPS) is 9.73. The molecule has 0 bridgehead atoms. The van der Waals surface area contributed by atoms with Gasteiger partial charge in [-0.05, 0) is 22.0 Å². The zero-order valence-electron chi connectivity index (χ0n) is 6.04. The fraction of sp³-hybridized carbons (Fsp3) is 0.286. The number of aromatic nitrogens is 1. The highest BCUT2D eigenvalue weighted by Gasteiger charge is 2.05. The summed E-state index contributed by atoms with van der Waals surface area (Å²) in [5.41, 5.74) is 0.543. The zero-order valence-corrected chi connectivity index (χ0v) is 7.63. The minimum absolute atomic E-state index is 0.109. The van der Waals surface area contributed by atoms with Gasteiger partial charge in [-0.3, -0.25) is 4.98 Å². The van der Waals surface area contributed by atoms with E-state index in [9.17, 15) is 0 Å². The second-order valence-electron chi connectivity index (χ2n) is 1.93. The lowest BCUT2D eigenvalue weighted by Gasteiger charge is -2.05. The predicted octanol–water partition coefficient (Wildman–Crippen LogP) is 1.34. The smallest absolute Gasteiger partial charge is 0.156 e. The van der Waals surface area contributed by atoms with Crippen molar-refractivity contribution in [3.8, 4) is 5.75 Å². The van der Waals surface area contributed by atoms with E-state index in [2.05, 4.69) is 20.9 Å². The molecule has 0 radical (unpaired) electrons. The lowest BCUT2D eigenvalue weighted by molar-refractivity contribution is 0.267. The molecule has 0 amide bonds. The van der Waals surface area contributed by atoms with Gasteiger partial charge in [0.2, 0.25) is 0 Å². The monoisotopic (exact) mass is 217 g/mol. The second-order valence-corrected chi connectivity index (χ2v) is 2.79. The summed E-state index contributed by atoms with van der Waals surface area (Å²) in [6, 6.07) is 1.76. The Bertz CT molecular complexity index is 252. The van der Waals surface area contributed by atoms with Crippen LogP contribution in [0.1, 0.15) is 5.69 Å². The summed E-state index contributed by atoms with van der Waals surface area (Å²) in [7, 11) is 1.54. The molecule has 0 saturated carbocycles.